The van der Waals surface area contributed by atoms with Crippen molar-refractivity contribution in [3.05, 3.63) is 53.9 Å². The molecule has 1 saturated carbocycles. The fourth-order valence-electron chi connectivity index (χ4n) is 6.31. The van der Waals surface area contributed by atoms with Gasteiger partial charge in [0.25, 0.3) is 0 Å². The Morgan fingerprint density at radius 1 is 1.09 bits per heavy atom. The molecule has 2 bridgehead atoms. The van der Waals surface area contributed by atoms with Gasteiger partial charge < -0.3 is 15.1 Å². The quantitative estimate of drug-likeness (QED) is 0.781. The minimum absolute atomic E-state index is 0.0883. The highest BCUT2D eigenvalue weighted by Crippen LogP contribution is 2.48. The Labute approximate surface area is 194 Å². The maximum atomic E-state index is 13.1. The molecule has 33 heavy (non-hydrogen) atoms. The maximum Gasteiger partial charge on any atom is 0.317 e. The first-order chi connectivity index (χ1) is 16.1. The van der Waals surface area contributed by atoms with Crippen LogP contribution in [0.2, 0.25) is 0 Å². The third-order valence-electron chi connectivity index (χ3n) is 7.87. The van der Waals surface area contributed by atoms with Gasteiger partial charge in [0, 0.05) is 44.8 Å². The zero-order valence-electron chi connectivity index (χ0n) is 18.7. The van der Waals surface area contributed by atoms with Gasteiger partial charge in [-0.05, 0) is 36.7 Å². The third-order valence-corrected chi connectivity index (χ3v) is 7.87. The number of anilines is 1. The van der Waals surface area contributed by atoms with Crippen molar-refractivity contribution in [2.45, 2.75) is 50.4 Å². The number of carbonyl (C=O) groups is 1. The molecule has 1 aromatic carbocycles. The van der Waals surface area contributed by atoms with E-state index in [0.717, 1.165) is 51.9 Å². The van der Waals surface area contributed by atoms with Gasteiger partial charge in [-0.2, -0.15) is 5.26 Å². The summed E-state index contributed by atoms with van der Waals surface area (Å²) in [5.74, 6) is 0.662. The van der Waals surface area contributed by atoms with Crippen molar-refractivity contribution in [2.75, 3.05) is 31.1 Å². The van der Waals surface area contributed by atoms with Crippen LogP contribution in [0.4, 0.5) is 10.7 Å². The summed E-state index contributed by atoms with van der Waals surface area (Å²) in [6, 6.07) is 13.5. The second-order valence-corrected chi connectivity index (χ2v) is 10.3. The molecule has 1 aromatic heterocycles. The fraction of sp³-hybridized carbons (Fsp3) is 0.520. The highest BCUT2D eigenvalue weighted by atomic mass is 16.2. The number of piperidine rings is 2. The van der Waals surface area contributed by atoms with Crippen molar-refractivity contribution in [1.82, 2.24) is 25.1 Å². The van der Waals surface area contributed by atoms with Crippen LogP contribution in [0.1, 0.15) is 36.8 Å². The molecule has 8 nitrogen and oxygen atoms in total. The molecule has 8 heteroatoms. The minimum Gasteiger partial charge on any atom is -0.335 e. The predicted molar refractivity (Wildman–Crippen MR) is 123 cm³/mol. The van der Waals surface area contributed by atoms with Crippen LogP contribution in [0.15, 0.2) is 42.7 Å². The zero-order chi connectivity index (χ0) is 22.4. The molecule has 0 unspecified atom stereocenters. The average molecular weight is 444 g/mol. The minimum atomic E-state index is 0.0883. The van der Waals surface area contributed by atoms with Gasteiger partial charge in [0.05, 0.1) is 24.0 Å². The molecular formula is C25H29N7O. The van der Waals surface area contributed by atoms with Crippen molar-refractivity contribution >= 4 is 12.0 Å². The van der Waals surface area contributed by atoms with Crippen molar-refractivity contribution in [3.63, 3.8) is 0 Å². The molecule has 5 fully saturated rings. The summed E-state index contributed by atoms with van der Waals surface area (Å²) in [5, 5.41) is 12.3. The van der Waals surface area contributed by atoms with E-state index in [9.17, 15) is 4.79 Å². The van der Waals surface area contributed by atoms with Crippen LogP contribution in [-0.4, -0.2) is 70.1 Å². The number of hydrogen-bond donors (Lipinski definition) is 1. The van der Waals surface area contributed by atoms with Crippen LogP contribution < -0.4 is 10.2 Å². The molecular weight excluding hydrogens is 414 g/mol. The Kier molecular flexibility index (Phi) is 4.95. The van der Waals surface area contributed by atoms with E-state index in [-0.39, 0.29) is 18.1 Å². The lowest BCUT2D eigenvalue weighted by Gasteiger charge is -2.59. The summed E-state index contributed by atoms with van der Waals surface area (Å²) < 4.78 is 0. The number of piperazine rings is 1. The first-order valence-corrected chi connectivity index (χ1v) is 11.9. The number of aromatic nitrogens is 2. The lowest BCUT2D eigenvalue weighted by molar-refractivity contribution is -0.0813. The van der Waals surface area contributed by atoms with Gasteiger partial charge in [-0.25, -0.2) is 14.8 Å². The van der Waals surface area contributed by atoms with Gasteiger partial charge in [0.2, 0.25) is 5.95 Å². The second-order valence-electron chi connectivity index (χ2n) is 10.3. The Morgan fingerprint density at radius 2 is 1.82 bits per heavy atom. The number of nitriles is 1. The Hall–Kier alpha value is -3.18. The number of urea groups is 1. The molecule has 0 radical (unpaired) electrons. The maximum absolute atomic E-state index is 13.1. The second kappa shape index (κ2) is 7.99. The molecule has 5 heterocycles. The van der Waals surface area contributed by atoms with Crippen LogP contribution in [0, 0.1) is 16.7 Å². The molecule has 170 valence electrons. The van der Waals surface area contributed by atoms with Crippen molar-refractivity contribution < 1.29 is 4.79 Å². The Morgan fingerprint density at radius 3 is 2.48 bits per heavy atom. The van der Waals surface area contributed by atoms with Crippen molar-refractivity contribution in [1.29, 1.82) is 5.26 Å². The molecule has 2 atom stereocenters. The van der Waals surface area contributed by atoms with E-state index in [1.807, 2.05) is 4.90 Å². The number of fused-ring (bicyclic) bond motifs is 3. The number of carbonyl (C=O) groups excluding carboxylic acids is 1. The van der Waals surface area contributed by atoms with Crippen LogP contribution in [0.5, 0.6) is 0 Å². The number of likely N-dealkylation sites (tertiary alicyclic amines) is 1. The van der Waals surface area contributed by atoms with Gasteiger partial charge >= 0.3 is 6.03 Å². The lowest BCUT2D eigenvalue weighted by Crippen LogP contribution is -2.69. The summed E-state index contributed by atoms with van der Waals surface area (Å²) in [4.78, 5) is 28.5. The summed E-state index contributed by atoms with van der Waals surface area (Å²) in [6.45, 7) is 4.77. The normalized spacial score (nSPS) is 25.9. The monoisotopic (exact) mass is 443 g/mol. The van der Waals surface area contributed by atoms with E-state index in [2.05, 4.69) is 61.5 Å². The first kappa shape index (κ1) is 20.4. The summed E-state index contributed by atoms with van der Waals surface area (Å²) in [7, 11) is 0. The molecule has 1 spiro atoms. The largest absolute Gasteiger partial charge is 0.335 e. The van der Waals surface area contributed by atoms with Gasteiger partial charge in [0.15, 0.2) is 0 Å². The molecule has 5 aliphatic rings. The lowest BCUT2D eigenvalue weighted by atomic mass is 9.60. The zero-order valence-corrected chi connectivity index (χ0v) is 18.7. The molecule has 2 aromatic rings. The molecule has 2 amide bonds. The van der Waals surface area contributed by atoms with Gasteiger partial charge in [-0.3, -0.25) is 4.90 Å². The molecule has 1 aliphatic carbocycles. The first-order valence-electron chi connectivity index (χ1n) is 11.9. The van der Waals surface area contributed by atoms with Crippen LogP contribution >= 0.6 is 0 Å². The van der Waals surface area contributed by atoms with Gasteiger partial charge in [0.1, 0.15) is 6.07 Å². The van der Waals surface area contributed by atoms with Gasteiger partial charge in [-0.15, -0.1) is 0 Å². The standard InChI is InChI=1S/C25H29N7O/c26-10-19-11-27-23(28-12-19)31-14-22-7-6-21(31)15-32(22)24(33)29-20-8-25(9-20)16-30(17-25)13-18-4-2-1-3-5-18/h1-5,11-12,20-22H,6-9,13-17H2,(H,29,33)/t21-,22-/m1/s1. The summed E-state index contributed by atoms with van der Waals surface area (Å²) >= 11 is 0. The van der Waals surface area contributed by atoms with Crippen LogP contribution in [-0.2, 0) is 6.54 Å². The number of nitrogens with one attached hydrogen (secondary N) is 1. The number of hydrogen-bond acceptors (Lipinski definition) is 6. The topological polar surface area (TPSA) is 88.4 Å². The average Bonchev–Trinajstić information content (AvgIpc) is 2.82. The number of amides is 2. The summed E-state index contributed by atoms with van der Waals surface area (Å²) in [5.41, 5.74) is 2.25. The molecule has 4 saturated heterocycles. The number of rotatable bonds is 4. The van der Waals surface area contributed by atoms with E-state index < -0.39 is 0 Å². The van der Waals surface area contributed by atoms with Crippen LogP contribution in [0.3, 0.4) is 0 Å². The summed E-state index contributed by atoms with van der Waals surface area (Å²) in [6.07, 6.45) is 7.40. The number of benzene rings is 1. The molecule has 1 N–H and O–H groups in total. The van der Waals surface area contributed by atoms with E-state index in [1.54, 1.807) is 12.4 Å². The Bertz CT molecular complexity index is 1050. The van der Waals surface area contributed by atoms with E-state index in [1.165, 1.54) is 5.56 Å². The fourth-order valence-corrected chi connectivity index (χ4v) is 6.31. The molecule has 4 aliphatic heterocycles. The van der Waals surface area contributed by atoms with E-state index >= 15 is 0 Å². The number of nitrogens with zero attached hydrogens (tertiary/aromatic N) is 6. The third kappa shape index (κ3) is 3.80. The van der Waals surface area contributed by atoms with E-state index in [4.69, 9.17) is 5.26 Å². The Balaban J connectivity index is 0.985. The van der Waals surface area contributed by atoms with Gasteiger partial charge in [-0.1, -0.05) is 30.3 Å². The van der Waals surface area contributed by atoms with Crippen molar-refractivity contribution in [3.8, 4) is 6.07 Å². The van der Waals surface area contributed by atoms with Crippen LogP contribution in [0.25, 0.3) is 0 Å². The smallest absolute Gasteiger partial charge is 0.317 e. The highest BCUT2D eigenvalue weighted by molar-refractivity contribution is 5.76. The van der Waals surface area contributed by atoms with Crippen molar-refractivity contribution in [2.24, 2.45) is 5.41 Å². The van der Waals surface area contributed by atoms with E-state index in [0.29, 0.717) is 29.5 Å². The highest BCUT2D eigenvalue weighted by Gasteiger charge is 2.53. The molecule has 7 rings (SSSR count). The SMILES string of the molecule is N#Cc1cnc(N2C[C@H]3CC[C@@H]2CN3C(=O)NC2CC3(C2)CN(Cc2ccccc2)C3)nc1. The predicted octanol–water partition coefficient (Wildman–Crippen LogP) is 2.38.